The molecule has 0 spiro atoms. The highest BCUT2D eigenvalue weighted by molar-refractivity contribution is 7.89. The Bertz CT molecular complexity index is 892. The van der Waals surface area contributed by atoms with Gasteiger partial charge in [0.15, 0.2) is 5.78 Å². The fraction of sp³-hybridized carbons (Fsp3) is 0.571. The van der Waals surface area contributed by atoms with Gasteiger partial charge in [0.2, 0.25) is 21.8 Å². The van der Waals surface area contributed by atoms with Crippen molar-refractivity contribution in [1.82, 2.24) is 14.9 Å². The quantitative estimate of drug-likeness (QED) is 0.601. The van der Waals surface area contributed by atoms with Crippen LogP contribution >= 0.6 is 0 Å². The predicted molar refractivity (Wildman–Crippen MR) is 113 cm³/mol. The largest absolute Gasteiger partial charge is 0.352 e. The average Bonchev–Trinajstić information content (AvgIpc) is 2.73. The van der Waals surface area contributed by atoms with E-state index in [1.807, 2.05) is 13.8 Å². The Balaban J connectivity index is 1.95. The van der Waals surface area contributed by atoms with Crippen molar-refractivity contribution in [2.45, 2.75) is 63.9 Å². The lowest BCUT2D eigenvalue weighted by Gasteiger charge is -2.31. The number of nitrogens with zero attached hydrogens (tertiary/aromatic N) is 1. The molecule has 2 atom stereocenters. The van der Waals surface area contributed by atoms with Crippen LogP contribution in [0.1, 0.15) is 57.3 Å². The van der Waals surface area contributed by atoms with E-state index < -0.39 is 16.1 Å². The monoisotopic (exact) mass is 437 g/mol. The van der Waals surface area contributed by atoms with Gasteiger partial charge in [0, 0.05) is 30.6 Å². The Labute approximate surface area is 178 Å². The molecular formula is C21H31N3O5S. The van der Waals surface area contributed by atoms with E-state index in [0.29, 0.717) is 18.4 Å². The maximum atomic E-state index is 12.9. The van der Waals surface area contributed by atoms with Gasteiger partial charge in [0.1, 0.15) is 6.04 Å². The zero-order valence-corrected chi connectivity index (χ0v) is 18.8. The van der Waals surface area contributed by atoms with Crippen molar-refractivity contribution in [3.05, 3.63) is 29.8 Å². The first-order chi connectivity index (χ1) is 14.1. The second-order valence-corrected chi connectivity index (χ2v) is 9.75. The standard InChI is InChI=1S/C21H31N3O5S/c1-5-14(2)22-20(26)15(3)23-21(27)17-9-11-24(12-10-17)30(28,29)19-8-6-7-18(13-19)16(4)25/h6-8,13-15,17H,5,9-12H2,1-4H3,(H,22,26)(H,23,27). The van der Waals surface area contributed by atoms with Gasteiger partial charge in [-0.05, 0) is 52.2 Å². The fourth-order valence-corrected chi connectivity index (χ4v) is 4.77. The number of amides is 2. The third-order valence-corrected chi connectivity index (χ3v) is 7.35. The Morgan fingerprint density at radius 1 is 1.13 bits per heavy atom. The molecule has 0 saturated carbocycles. The van der Waals surface area contributed by atoms with Crippen LogP contribution in [0.3, 0.4) is 0 Å². The van der Waals surface area contributed by atoms with Gasteiger partial charge < -0.3 is 10.6 Å². The van der Waals surface area contributed by atoms with E-state index in [9.17, 15) is 22.8 Å². The van der Waals surface area contributed by atoms with Crippen LogP contribution in [0.2, 0.25) is 0 Å². The molecule has 0 aromatic heterocycles. The minimum atomic E-state index is -3.73. The van der Waals surface area contributed by atoms with Crippen LogP contribution in [0.4, 0.5) is 0 Å². The van der Waals surface area contributed by atoms with Crippen LogP contribution in [0.15, 0.2) is 29.2 Å². The van der Waals surface area contributed by atoms with Crippen molar-refractivity contribution in [3.63, 3.8) is 0 Å². The van der Waals surface area contributed by atoms with E-state index in [0.717, 1.165) is 6.42 Å². The summed E-state index contributed by atoms with van der Waals surface area (Å²) in [5.74, 6) is -1.02. The maximum absolute atomic E-state index is 12.9. The van der Waals surface area contributed by atoms with Crippen LogP contribution < -0.4 is 10.6 Å². The van der Waals surface area contributed by atoms with Crippen molar-refractivity contribution < 1.29 is 22.8 Å². The van der Waals surface area contributed by atoms with Crippen LogP contribution in [0.5, 0.6) is 0 Å². The first-order valence-corrected chi connectivity index (χ1v) is 11.7. The van der Waals surface area contributed by atoms with Crippen molar-refractivity contribution in [2.75, 3.05) is 13.1 Å². The van der Waals surface area contributed by atoms with Crippen molar-refractivity contribution in [1.29, 1.82) is 0 Å². The lowest BCUT2D eigenvalue weighted by atomic mass is 9.97. The van der Waals surface area contributed by atoms with Gasteiger partial charge in [-0.15, -0.1) is 0 Å². The van der Waals surface area contributed by atoms with Crippen LogP contribution in [0, 0.1) is 5.92 Å². The number of carbonyl (C=O) groups excluding carboxylic acids is 3. The Morgan fingerprint density at radius 3 is 2.33 bits per heavy atom. The smallest absolute Gasteiger partial charge is 0.243 e. The second kappa shape index (κ2) is 10.2. The number of Topliss-reactive ketones (excluding diaryl/α,β-unsaturated/α-hetero) is 1. The second-order valence-electron chi connectivity index (χ2n) is 7.81. The Morgan fingerprint density at radius 2 is 1.77 bits per heavy atom. The molecule has 1 aromatic carbocycles. The number of hydrogen-bond acceptors (Lipinski definition) is 5. The molecule has 1 saturated heterocycles. The maximum Gasteiger partial charge on any atom is 0.243 e. The minimum Gasteiger partial charge on any atom is -0.352 e. The molecule has 166 valence electrons. The average molecular weight is 438 g/mol. The van der Waals surface area contributed by atoms with Gasteiger partial charge in [-0.3, -0.25) is 14.4 Å². The van der Waals surface area contributed by atoms with Crippen LogP contribution in [0.25, 0.3) is 0 Å². The Kier molecular flexibility index (Phi) is 8.14. The summed E-state index contributed by atoms with van der Waals surface area (Å²) in [6.07, 6.45) is 1.54. The fourth-order valence-electron chi connectivity index (χ4n) is 3.25. The lowest BCUT2D eigenvalue weighted by molar-refractivity contribution is -0.131. The summed E-state index contributed by atoms with van der Waals surface area (Å²) in [5.41, 5.74) is 0.343. The molecule has 1 aromatic rings. The number of hydrogen-bond donors (Lipinski definition) is 2. The minimum absolute atomic E-state index is 0.0341. The molecule has 1 aliphatic heterocycles. The molecule has 1 fully saturated rings. The molecule has 0 radical (unpaired) electrons. The van der Waals surface area contributed by atoms with E-state index in [1.54, 1.807) is 19.1 Å². The lowest BCUT2D eigenvalue weighted by Crippen LogP contribution is -2.50. The predicted octanol–water partition coefficient (Wildman–Crippen LogP) is 1.71. The summed E-state index contributed by atoms with van der Waals surface area (Å²) in [5, 5.41) is 5.56. The summed E-state index contributed by atoms with van der Waals surface area (Å²) in [4.78, 5) is 36.3. The topological polar surface area (TPSA) is 113 Å². The number of nitrogens with one attached hydrogen (secondary N) is 2. The zero-order valence-electron chi connectivity index (χ0n) is 18.0. The van der Waals surface area contributed by atoms with Crippen molar-refractivity contribution >= 4 is 27.6 Å². The molecule has 2 amide bonds. The van der Waals surface area contributed by atoms with Gasteiger partial charge in [0.05, 0.1) is 4.90 Å². The molecule has 2 N–H and O–H groups in total. The highest BCUT2D eigenvalue weighted by atomic mass is 32.2. The highest BCUT2D eigenvalue weighted by Crippen LogP contribution is 2.24. The molecule has 1 aliphatic rings. The summed E-state index contributed by atoms with van der Waals surface area (Å²) in [6.45, 7) is 7.30. The highest BCUT2D eigenvalue weighted by Gasteiger charge is 2.33. The summed E-state index contributed by atoms with van der Waals surface area (Å²) in [7, 11) is -3.73. The summed E-state index contributed by atoms with van der Waals surface area (Å²) < 4.78 is 27.1. The van der Waals surface area contributed by atoms with Crippen molar-refractivity contribution in [3.8, 4) is 0 Å². The molecule has 0 aliphatic carbocycles. The molecule has 8 nitrogen and oxygen atoms in total. The van der Waals surface area contributed by atoms with E-state index >= 15 is 0 Å². The molecule has 9 heteroatoms. The normalized spacial score (nSPS) is 17.7. The van der Waals surface area contributed by atoms with Crippen LogP contribution in [-0.4, -0.2) is 55.5 Å². The van der Waals surface area contributed by atoms with E-state index in [4.69, 9.17) is 0 Å². The molecule has 30 heavy (non-hydrogen) atoms. The van der Waals surface area contributed by atoms with Gasteiger partial charge in [0.25, 0.3) is 0 Å². The van der Waals surface area contributed by atoms with E-state index in [-0.39, 0.29) is 47.5 Å². The summed E-state index contributed by atoms with van der Waals surface area (Å²) in [6, 6.07) is 5.37. The first kappa shape index (κ1) is 24.0. The Hall–Kier alpha value is -2.26. The number of benzene rings is 1. The van der Waals surface area contributed by atoms with Gasteiger partial charge in [-0.1, -0.05) is 19.1 Å². The number of piperidine rings is 1. The van der Waals surface area contributed by atoms with Gasteiger partial charge in [-0.2, -0.15) is 4.31 Å². The number of ketones is 1. The van der Waals surface area contributed by atoms with E-state index in [2.05, 4.69) is 10.6 Å². The summed E-state index contributed by atoms with van der Waals surface area (Å²) >= 11 is 0. The zero-order chi connectivity index (χ0) is 22.5. The van der Waals surface area contributed by atoms with E-state index in [1.165, 1.54) is 23.4 Å². The first-order valence-electron chi connectivity index (χ1n) is 10.3. The number of carbonyl (C=O) groups is 3. The third-order valence-electron chi connectivity index (χ3n) is 5.46. The number of sulfonamides is 1. The van der Waals surface area contributed by atoms with Crippen LogP contribution in [-0.2, 0) is 19.6 Å². The van der Waals surface area contributed by atoms with Crippen molar-refractivity contribution in [2.24, 2.45) is 5.92 Å². The molecule has 2 unspecified atom stereocenters. The SMILES string of the molecule is CCC(C)NC(=O)C(C)NC(=O)C1CCN(S(=O)(=O)c2cccc(C(C)=O)c2)CC1. The van der Waals surface area contributed by atoms with Gasteiger partial charge in [-0.25, -0.2) is 8.42 Å². The third kappa shape index (κ3) is 5.89. The van der Waals surface area contributed by atoms with Gasteiger partial charge >= 0.3 is 0 Å². The molecule has 1 heterocycles. The molecule has 0 bridgehead atoms. The molecular weight excluding hydrogens is 406 g/mol. The number of rotatable bonds is 8. The molecule has 2 rings (SSSR count).